The molecule has 7 aliphatic heterocycles. The van der Waals surface area contributed by atoms with E-state index in [2.05, 4.69) is 291 Å². The van der Waals surface area contributed by atoms with Crippen LogP contribution >= 0.6 is 0 Å². The highest BCUT2D eigenvalue weighted by Gasteiger charge is 2.37. The molecule has 25 rings (SSSR count). The largest absolute Gasteiger partial charge is 0.308 e. The summed E-state index contributed by atoms with van der Waals surface area (Å²) in [4.78, 5) is 45.6. The third-order valence-electron chi connectivity index (χ3n) is 34.3. The topological polar surface area (TPSA) is 160 Å². The Morgan fingerprint density at radius 3 is 0.812 bits per heavy atom. The van der Waals surface area contributed by atoms with E-state index in [0.717, 1.165) is 184 Å². The summed E-state index contributed by atoms with van der Waals surface area (Å²) in [6, 6.07) is 79.1. The minimum absolute atomic E-state index is 0.182. The fraction of sp³-hybridized carbons (Fsp3) is 0.411. The Balaban J connectivity index is 0.000000109. The van der Waals surface area contributed by atoms with Gasteiger partial charge in [-0.2, -0.15) is 0 Å². The van der Waals surface area contributed by atoms with Crippen molar-refractivity contribution in [3.63, 3.8) is 0 Å². The lowest BCUT2D eigenvalue weighted by Crippen LogP contribution is -2.45. The van der Waals surface area contributed by atoms with Gasteiger partial charge >= 0.3 is 0 Å². The zero-order chi connectivity index (χ0) is 102. The summed E-state index contributed by atoms with van der Waals surface area (Å²) in [6.07, 6.45) is 41.9. The Labute approximate surface area is 883 Å². The number of nitrogens with one attached hydrogen (secondary N) is 5. The lowest BCUT2D eigenvalue weighted by molar-refractivity contribution is 0.190. The molecule has 7 aromatic carbocycles. The van der Waals surface area contributed by atoms with E-state index in [1.54, 1.807) is 46.5 Å². The molecule has 0 amide bonds. The molecule has 13 aromatic rings. The van der Waals surface area contributed by atoms with Crippen LogP contribution in [0.15, 0.2) is 268 Å². The van der Waals surface area contributed by atoms with Gasteiger partial charge in [-0.15, -0.1) is 0 Å². The van der Waals surface area contributed by atoms with Crippen molar-refractivity contribution in [3.8, 4) is 33.5 Å². The first kappa shape index (κ1) is 103. The van der Waals surface area contributed by atoms with E-state index >= 15 is 0 Å². The van der Waals surface area contributed by atoms with E-state index in [1.165, 1.54) is 207 Å². The summed E-state index contributed by atoms with van der Waals surface area (Å²) < 4.78 is 27.7. The second-order valence-electron chi connectivity index (χ2n) is 44.3. The number of benzene rings is 7. The van der Waals surface area contributed by atoms with Crippen LogP contribution < -0.4 is 26.6 Å². The van der Waals surface area contributed by atoms with Crippen LogP contribution in [0, 0.1) is 11.6 Å². The molecule has 5 aliphatic carbocycles. The van der Waals surface area contributed by atoms with Gasteiger partial charge in [-0.25, -0.2) is 8.78 Å². The predicted octanol–water partition coefficient (Wildman–Crippen LogP) is 21.6. The number of fused-ring (bicyclic) bond motifs is 10. The van der Waals surface area contributed by atoms with Gasteiger partial charge < -0.3 is 36.4 Å². The maximum absolute atomic E-state index is 13.8. The zero-order valence-corrected chi connectivity index (χ0v) is 88.7. The molecule has 12 aliphatic rings. The zero-order valence-electron chi connectivity index (χ0n) is 88.7. The summed E-state index contributed by atoms with van der Waals surface area (Å²) in [6.45, 7) is 14.2. The minimum Gasteiger partial charge on any atom is -0.308 e. The average molecular weight is 1990 g/mol. The highest BCUT2D eigenvalue weighted by molar-refractivity contribution is 5.74. The molecule has 0 unspecified atom stereocenters. The molecule has 0 bridgehead atoms. The molecule has 5 N–H and O–H groups in total. The number of halogens is 2. The molecule has 13 heterocycles. The third-order valence-corrected chi connectivity index (χ3v) is 34.3. The van der Waals surface area contributed by atoms with Gasteiger partial charge in [0.25, 0.3) is 0 Å². The van der Waals surface area contributed by atoms with Crippen molar-refractivity contribution in [3.05, 3.63) is 402 Å². The maximum atomic E-state index is 13.8. The minimum atomic E-state index is -0.182. The monoisotopic (exact) mass is 1990 g/mol. The molecule has 149 heavy (non-hydrogen) atoms. The van der Waals surface area contributed by atoms with E-state index < -0.39 is 0 Å². The van der Waals surface area contributed by atoms with E-state index in [-0.39, 0.29) is 11.6 Å². The lowest BCUT2D eigenvalue weighted by Gasteiger charge is -2.37. The van der Waals surface area contributed by atoms with Crippen LogP contribution in [-0.2, 0) is 96.9 Å². The molecule has 20 heteroatoms. The number of aromatic nitrogens is 6. The standard InChI is InChI=1S/2C26H28FN3.2C26H34N4.C25H28N4/c2*1-30(25-12-4-6-18-9-5-13-28-26(18)25)17-22-15-24-20(16-29-22)8-3-11-23(24)19-7-2-10-21(27)14-19;2*1-29-14-11-19(12-15-29)23-9-3-7-21-17-28-22(16-24(21)23)18-30(2)25-10-4-6-20-8-5-13-27-26(20)25;1-29(24-12-5-7-18-9-6-14-27-25(18)24)17-20-15-22-19(16-28-20)8-4-10-21(22)23-11-2-3-13-26-23/h2*2-3,5,7-11,13-14,22,25,29H,4,6,12,15-17H2,1H3;2*3,5,7-9,11,13,22,25,28H,4,6,10,12,14-18H2,1-2H3;2-4,6,8-11,13-14,20,24,28H,5,7,12,15-17H2,1H3/t22-,25+;22-,25-;22-,25+;22-,25-;20-,24+/m10101/s1. The van der Waals surface area contributed by atoms with Gasteiger partial charge in [0.05, 0.1) is 64.4 Å². The van der Waals surface area contributed by atoms with E-state index in [4.69, 9.17) is 24.9 Å². The molecule has 6 aromatic heterocycles. The van der Waals surface area contributed by atoms with Crippen molar-refractivity contribution in [1.29, 1.82) is 0 Å². The van der Waals surface area contributed by atoms with Crippen molar-refractivity contribution in [1.82, 2.24) is 90.8 Å². The summed E-state index contributed by atoms with van der Waals surface area (Å²) >= 11 is 0. The SMILES string of the molecule is CN(C[C@@H]1Cc2c(cccc2-c2cccc(F)c2)CN1)[C@H]1CCCc2cccnc21.CN(C[C@H]1Cc2c(cccc2-c2cccc(F)c2)CN1)[C@H]1CCCc2cccnc21.CN(C[C@H]1Cc2c(cccc2-c2ccccn2)CN1)[C@H]1CCCc2cccnc21.CN1CC=C(c2cccc3c2C[C@@H](CN(C)[C@H]2CCCc4cccnc42)NC3)CC1.CN1CC=C(c2cccc3c2C[C@H](CN(C)[C@H]2CCCc4cccnc42)NC3)CC1. The number of hydrogen-bond donors (Lipinski definition) is 5. The Morgan fingerprint density at radius 2 is 0.537 bits per heavy atom. The summed E-state index contributed by atoms with van der Waals surface area (Å²) in [5.74, 6) is -0.363. The second-order valence-corrected chi connectivity index (χ2v) is 44.3. The van der Waals surface area contributed by atoms with Crippen molar-refractivity contribution in [2.75, 3.05) is 108 Å². The van der Waals surface area contributed by atoms with Crippen LogP contribution in [0.1, 0.15) is 230 Å². The fourth-order valence-electron chi connectivity index (χ4n) is 26.4. The average Bonchev–Trinajstić information content (AvgIpc) is 0.795. The molecular weight excluding hydrogens is 1840 g/mol. The Hall–Kier alpha value is -11.7. The first-order valence-corrected chi connectivity index (χ1v) is 55.6. The van der Waals surface area contributed by atoms with E-state index in [0.29, 0.717) is 60.4 Å². The highest BCUT2D eigenvalue weighted by atomic mass is 19.1. The molecule has 0 saturated carbocycles. The van der Waals surface area contributed by atoms with Crippen LogP contribution in [0.2, 0.25) is 0 Å². The van der Waals surface area contributed by atoms with Crippen LogP contribution in [-0.4, -0.2) is 203 Å². The molecule has 18 nitrogen and oxygen atoms in total. The Bertz CT molecular complexity index is 6500. The van der Waals surface area contributed by atoms with Gasteiger partial charge in [0.15, 0.2) is 0 Å². The number of rotatable bonds is 20. The highest BCUT2D eigenvalue weighted by Crippen LogP contribution is 2.43. The molecular formula is C129H152F2N18. The van der Waals surface area contributed by atoms with Gasteiger partial charge in [0, 0.05) is 165 Å². The number of pyridine rings is 6. The van der Waals surface area contributed by atoms with Crippen LogP contribution in [0.25, 0.3) is 44.7 Å². The first-order valence-electron chi connectivity index (χ1n) is 55.6. The Kier molecular flexibility index (Phi) is 33.7. The normalized spacial score (nSPS) is 22.2. The molecule has 10 atom stereocenters. The van der Waals surface area contributed by atoms with Gasteiger partial charge in [0.2, 0.25) is 0 Å². The quantitative estimate of drug-likeness (QED) is 0.0490. The number of hydrogen-bond acceptors (Lipinski definition) is 18. The van der Waals surface area contributed by atoms with E-state index in [9.17, 15) is 8.78 Å². The third kappa shape index (κ3) is 24.6. The first-order chi connectivity index (χ1) is 73.0. The van der Waals surface area contributed by atoms with Crippen molar-refractivity contribution < 1.29 is 8.78 Å². The lowest BCUT2D eigenvalue weighted by atomic mass is 9.86. The smallest absolute Gasteiger partial charge is 0.123 e. The summed E-state index contributed by atoms with van der Waals surface area (Å²) in [5.41, 5.74) is 40.5. The van der Waals surface area contributed by atoms with Crippen molar-refractivity contribution in [2.45, 2.75) is 234 Å². The molecule has 0 saturated heterocycles. The summed E-state index contributed by atoms with van der Waals surface area (Å²) in [5, 5.41) is 18.8. The van der Waals surface area contributed by atoms with E-state index in [1.807, 2.05) is 55.4 Å². The Morgan fingerprint density at radius 1 is 0.275 bits per heavy atom. The second kappa shape index (κ2) is 48.7. The van der Waals surface area contributed by atoms with Gasteiger partial charge in [0.1, 0.15) is 11.6 Å². The maximum Gasteiger partial charge on any atom is 0.123 e. The summed E-state index contributed by atoms with van der Waals surface area (Å²) in [7, 11) is 15.7. The number of aryl methyl sites for hydroxylation is 5. The van der Waals surface area contributed by atoms with Crippen LogP contribution in [0.3, 0.4) is 0 Å². The fourth-order valence-corrected chi connectivity index (χ4v) is 26.4. The molecule has 772 valence electrons. The van der Waals surface area contributed by atoms with Crippen molar-refractivity contribution >= 4 is 11.1 Å². The van der Waals surface area contributed by atoms with Gasteiger partial charge in [-0.3, -0.25) is 54.4 Å². The van der Waals surface area contributed by atoms with Gasteiger partial charge in [-0.05, 0) is 385 Å². The predicted molar refractivity (Wildman–Crippen MR) is 601 cm³/mol. The number of likely N-dealkylation sites (N-methyl/N-ethyl adjacent to an activating group) is 7. The van der Waals surface area contributed by atoms with Crippen LogP contribution in [0.4, 0.5) is 8.78 Å². The van der Waals surface area contributed by atoms with Gasteiger partial charge in [-0.1, -0.05) is 164 Å². The van der Waals surface area contributed by atoms with Crippen LogP contribution in [0.5, 0.6) is 0 Å². The molecule has 0 fully saturated rings. The molecule has 0 radical (unpaired) electrons. The van der Waals surface area contributed by atoms with Crippen molar-refractivity contribution in [2.24, 2.45) is 0 Å². The number of nitrogens with zero attached hydrogens (tertiary/aromatic N) is 13. The molecule has 0 spiro atoms.